The summed E-state index contributed by atoms with van der Waals surface area (Å²) < 4.78 is 36.9. The van der Waals surface area contributed by atoms with E-state index < -0.39 is 15.4 Å². The Hall–Kier alpha value is -1.66. The van der Waals surface area contributed by atoms with Crippen molar-refractivity contribution in [3.63, 3.8) is 0 Å². The normalized spacial score (nSPS) is 21.9. The molecule has 0 bridgehead atoms. The van der Waals surface area contributed by atoms with E-state index >= 15 is 0 Å². The molecule has 0 amide bonds. The number of ether oxygens (including phenoxy) is 1. The van der Waals surface area contributed by atoms with Crippen molar-refractivity contribution in [2.45, 2.75) is 77.4 Å². The molecule has 0 unspecified atom stereocenters. The van der Waals surface area contributed by atoms with E-state index in [4.69, 9.17) is 8.92 Å². The van der Waals surface area contributed by atoms with Gasteiger partial charge in [-0.1, -0.05) is 31.5 Å². The molecule has 1 saturated heterocycles. The van der Waals surface area contributed by atoms with Gasteiger partial charge < -0.3 is 8.92 Å². The number of ketones is 1. The second kappa shape index (κ2) is 8.12. The lowest BCUT2D eigenvalue weighted by atomic mass is 9.67. The Kier molecular flexibility index (Phi) is 5.84. The fourth-order valence-electron chi connectivity index (χ4n) is 4.97. The van der Waals surface area contributed by atoms with Crippen LogP contribution in [0, 0.1) is 12.3 Å². The number of allylic oxidation sites excluding steroid dienone is 2. The predicted molar refractivity (Wildman–Crippen MR) is 117 cm³/mol. The summed E-state index contributed by atoms with van der Waals surface area (Å²) in [6.45, 7) is 7.43. The standard InChI is InChI=1S/C24H32O5S/c1-4-17-12-16(3)13-18(5-2)22(17)23-20(25)14-24(8-10-28-11-9-24)15-21(23)29-30(26,27)19-6-7-19/h12-13,19H,4-11,14-15H2,1-3H3. The Morgan fingerprint density at radius 1 is 1.07 bits per heavy atom. The molecule has 30 heavy (non-hydrogen) atoms. The van der Waals surface area contributed by atoms with Gasteiger partial charge in [-0.25, -0.2) is 0 Å². The molecule has 0 radical (unpaired) electrons. The van der Waals surface area contributed by atoms with Crippen molar-refractivity contribution < 1.29 is 22.1 Å². The Labute approximate surface area is 180 Å². The molecule has 0 N–H and O–H groups in total. The van der Waals surface area contributed by atoms with Gasteiger partial charge in [0.1, 0.15) is 5.76 Å². The molecular weight excluding hydrogens is 400 g/mol. The van der Waals surface area contributed by atoms with Crippen LogP contribution in [0.5, 0.6) is 0 Å². The van der Waals surface area contributed by atoms with E-state index in [1.165, 1.54) is 0 Å². The van der Waals surface area contributed by atoms with Gasteiger partial charge in [-0.2, -0.15) is 8.42 Å². The van der Waals surface area contributed by atoms with Gasteiger partial charge in [0, 0.05) is 26.1 Å². The molecule has 1 aromatic carbocycles. The average molecular weight is 433 g/mol. The largest absolute Gasteiger partial charge is 0.386 e. The van der Waals surface area contributed by atoms with Crippen molar-refractivity contribution in [1.29, 1.82) is 0 Å². The number of rotatable bonds is 6. The summed E-state index contributed by atoms with van der Waals surface area (Å²) in [5.74, 6) is 0.380. The summed E-state index contributed by atoms with van der Waals surface area (Å²) in [4.78, 5) is 13.6. The minimum Gasteiger partial charge on any atom is -0.386 e. The number of carbonyl (C=O) groups excluding carboxylic acids is 1. The highest BCUT2D eigenvalue weighted by molar-refractivity contribution is 7.87. The SMILES string of the molecule is CCc1cc(C)cc(CC)c1C1=C(OS(=O)(=O)C2CC2)CC2(CCOCC2)CC1=O. The van der Waals surface area contributed by atoms with E-state index in [1.807, 2.05) is 0 Å². The maximum absolute atomic E-state index is 13.6. The Morgan fingerprint density at radius 2 is 1.67 bits per heavy atom. The third-order valence-corrected chi connectivity index (χ3v) is 8.51. The second-order valence-electron chi connectivity index (χ2n) is 9.13. The first-order valence-electron chi connectivity index (χ1n) is 11.2. The van der Waals surface area contributed by atoms with Gasteiger partial charge in [-0.05, 0) is 67.6 Å². The summed E-state index contributed by atoms with van der Waals surface area (Å²) in [7, 11) is -3.70. The van der Waals surface area contributed by atoms with Crippen molar-refractivity contribution in [2.24, 2.45) is 5.41 Å². The summed E-state index contributed by atoms with van der Waals surface area (Å²) >= 11 is 0. The molecule has 6 heteroatoms. The smallest absolute Gasteiger partial charge is 0.311 e. The first-order valence-corrected chi connectivity index (χ1v) is 12.7. The first-order chi connectivity index (χ1) is 14.3. The zero-order chi connectivity index (χ0) is 21.5. The highest BCUT2D eigenvalue weighted by Gasteiger charge is 2.46. The third kappa shape index (κ3) is 4.09. The van der Waals surface area contributed by atoms with E-state index in [9.17, 15) is 13.2 Å². The number of benzene rings is 1. The molecule has 0 aromatic heterocycles. The van der Waals surface area contributed by atoms with Crippen molar-refractivity contribution >= 4 is 21.5 Å². The van der Waals surface area contributed by atoms with E-state index in [2.05, 4.69) is 32.9 Å². The lowest BCUT2D eigenvalue weighted by molar-refractivity contribution is -0.118. The monoisotopic (exact) mass is 432 g/mol. The Balaban J connectivity index is 1.88. The molecule has 164 valence electrons. The van der Waals surface area contributed by atoms with Crippen LogP contribution < -0.4 is 0 Å². The van der Waals surface area contributed by atoms with E-state index in [-0.39, 0.29) is 11.2 Å². The van der Waals surface area contributed by atoms with Gasteiger partial charge in [0.25, 0.3) is 0 Å². The molecule has 1 aromatic rings. The molecule has 1 spiro atoms. The number of carbonyl (C=O) groups is 1. The van der Waals surface area contributed by atoms with Crippen molar-refractivity contribution in [1.82, 2.24) is 0 Å². The Morgan fingerprint density at radius 3 is 2.20 bits per heavy atom. The van der Waals surface area contributed by atoms with Crippen molar-refractivity contribution in [3.05, 3.63) is 40.1 Å². The summed E-state index contributed by atoms with van der Waals surface area (Å²) in [5.41, 5.74) is 4.48. The number of hydrogen-bond acceptors (Lipinski definition) is 5. The minimum atomic E-state index is -3.70. The Bertz CT molecular complexity index is 954. The van der Waals surface area contributed by atoms with Crippen molar-refractivity contribution in [3.8, 4) is 0 Å². The van der Waals surface area contributed by atoms with Gasteiger partial charge in [-0.3, -0.25) is 4.79 Å². The number of hydrogen-bond donors (Lipinski definition) is 0. The predicted octanol–water partition coefficient (Wildman–Crippen LogP) is 4.50. The molecule has 1 aliphatic heterocycles. The molecule has 5 nitrogen and oxygen atoms in total. The van der Waals surface area contributed by atoms with Crippen LogP contribution in [-0.4, -0.2) is 32.7 Å². The zero-order valence-corrected chi connectivity index (χ0v) is 19.1. The van der Waals surface area contributed by atoms with Gasteiger partial charge in [0.05, 0.1) is 10.8 Å². The fraction of sp³-hybridized carbons (Fsp3) is 0.625. The van der Waals surface area contributed by atoms with Crippen LogP contribution in [0.15, 0.2) is 17.9 Å². The van der Waals surface area contributed by atoms with Crippen LogP contribution in [0.25, 0.3) is 5.57 Å². The molecule has 4 rings (SSSR count). The molecule has 0 atom stereocenters. The lowest BCUT2D eigenvalue weighted by Crippen LogP contribution is -2.37. The topological polar surface area (TPSA) is 69.7 Å². The van der Waals surface area contributed by atoms with E-state index in [0.29, 0.717) is 50.2 Å². The van der Waals surface area contributed by atoms with Crippen molar-refractivity contribution in [2.75, 3.05) is 13.2 Å². The fourth-order valence-corrected chi connectivity index (χ4v) is 6.24. The summed E-state index contributed by atoms with van der Waals surface area (Å²) in [6, 6.07) is 4.22. The first kappa shape index (κ1) is 21.6. The minimum absolute atomic E-state index is 0.0115. The molecule has 3 aliphatic rings. The van der Waals surface area contributed by atoms with Crippen LogP contribution in [0.2, 0.25) is 0 Å². The molecule has 1 heterocycles. The molecule has 2 fully saturated rings. The highest BCUT2D eigenvalue weighted by atomic mass is 32.2. The van der Waals surface area contributed by atoms with Gasteiger partial charge in [0.2, 0.25) is 0 Å². The van der Waals surface area contributed by atoms with E-state index in [0.717, 1.165) is 47.9 Å². The number of Topliss-reactive ketones (excluding diaryl/α,β-unsaturated/α-hetero) is 1. The average Bonchev–Trinajstić information content (AvgIpc) is 3.54. The summed E-state index contributed by atoms with van der Waals surface area (Å²) in [6.07, 6.45) is 5.29. The van der Waals surface area contributed by atoms with Crippen LogP contribution in [0.4, 0.5) is 0 Å². The van der Waals surface area contributed by atoms with Gasteiger partial charge in [0.15, 0.2) is 5.78 Å². The third-order valence-electron chi connectivity index (χ3n) is 6.79. The van der Waals surface area contributed by atoms with E-state index in [1.54, 1.807) is 0 Å². The number of aryl methyl sites for hydroxylation is 3. The lowest BCUT2D eigenvalue weighted by Gasteiger charge is -2.41. The maximum Gasteiger partial charge on any atom is 0.311 e. The van der Waals surface area contributed by atoms with Crippen LogP contribution in [-0.2, 0) is 36.7 Å². The zero-order valence-electron chi connectivity index (χ0n) is 18.3. The van der Waals surface area contributed by atoms with Gasteiger partial charge >= 0.3 is 10.1 Å². The second-order valence-corrected chi connectivity index (χ2v) is 10.9. The molecule has 1 saturated carbocycles. The maximum atomic E-state index is 13.6. The molecule has 2 aliphatic carbocycles. The summed E-state index contributed by atoms with van der Waals surface area (Å²) in [5, 5.41) is -0.428. The van der Waals surface area contributed by atoms with Crippen LogP contribution >= 0.6 is 0 Å². The van der Waals surface area contributed by atoms with Gasteiger partial charge in [-0.15, -0.1) is 0 Å². The van der Waals surface area contributed by atoms with Crippen LogP contribution in [0.1, 0.15) is 74.6 Å². The quantitative estimate of drug-likeness (QED) is 0.619. The highest BCUT2D eigenvalue weighted by Crippen LogP contribution is 2.49. The van der Waals surface area contributed by atoms with Crippen LogP contribution in [0.3, 0.4) is 0 Å². The molecular formula is C24H32O5S.